The van der Waals surface area contributed by atoms with Crippen molar-refractivity contribution in [3.8, 4) is 11.6 Å². The summed E-state index contributed by atoms with van der Waals surface area (Å²) in [7, 11) is 0. The third-order valence-electron chi connectivity index (χ3n) is 2.66. The number of hydrogen-bond donors (Lipinski definition) is 1. The lowest BCUT2D eigenvalue weighted by atomic mass is 10.3. The summed E-state index contributed by atoms with van der Waals surface area (Å²) in [5, 5.41) is 7.12. The first-order valence-electron chi connectivity index (χ1n) is 6.60. The second-order valence-corrected chi connectivity index (χ2v) is 4.91. The Morgan fingerprint density at radius 2 is 2.05 bits per heavy atom. The first-order chi connectivity index (χ1) is 9.56. The van der Waals surface area contributed by atoms with Gasteiger partial charge in [0.05, 0.1) is 5.69 Å². The molecule has 0 unspecified atom stereocenters. The molecule has 0 spiro atoms. The highest BCUT2D eigenvalue weighted by atomic mass is 16.5. The van der Waals surface area contributed by atoms with Gasteiger partial charge in [0, 0.05) is 17.8 Å². The SMILES string of the molecule is Cc1cn(-c2ccccc2)nc1OCC(=O)NC(C)C. The molecule has 0 fully saturated rings. The summed E-state index contributed by atoms with van der Waals surface area (Å²) in [6, 6.07) is 9.87. The molecule has 0 saturated carbocycles. The number of ether oxygens (including phenoxy) is 1. The van der Waals surface area contributed by atoms with Gasteiger partial charge in [-0.05, 0) is 32.9 Å². The number of nitrogens with one attached hydrogen (secondary N) is 1. The fourth-order valence-electron chi connectivity index (χ4n) is 1.80. The third kappa shape index (κ3) is 3.60. The predicted molar refractivity (Wildman–Crippen MR) is 77.1 cm³/mol. The molecule has 2 aromatic rings. The molecule has 5 nitrogen and oxygen atoms in total. The fourth-order valence-corrected chi connectivity index (χ4v) is 1.80. The van der Waals surface area contributed by atoms with E-state index in [1.54, 1.807) is 4.68 Å². The standard InChI is InChI=1S/C15H19N3O2/c1-11(2)16-14(19)10-20-15-12(3)9-18(17-15)13-7-5-4-6-8-13/h4-9,11H,10H2,1-3H3,(H,16,19). The van der Waals surface area contributed by atoms with Crippen molar-refractivity contribution in [1.29, 1.82) is 0 Å². The molecule has 0 bridgehead atoms. The van der Waals surface area contributed by atoms with Crippen LogP contribution in [0, 0.1) is 6.92 Å². The van der Waals surface area contributed by atoms with E-state index in [1.807, 2.05) is 57.3 Å². The van der Waals surface area contributed by atoms with E-state index in [0.29, 0.717) is 5.88 Å². The third-order valence-corrected chi connectivity index (χ3v) is 2.66. The molecule has 0 saturated heterocycles. The van der Waals surface area contributed by atoms with Crippen LogP contribution in [0.3, 0.4) is 0 Å². The van der Waals surface area contributed by atoms with Crippen LogP contribution in [0.5, 0.6) is 5.88 Å². The zero-order chi connectivity index (χ0) is 14.5. The molecule has 1 heterocycles. The number of aromatic nitrogens is 2. The molecule has 0 aliphatic carbocycles. The molecule has 1 aromatic carbocycles. The molecule has 1 amide bonds. The summed E-state index contributed by atoms with van der Waals surface area (Å²) in [6.45, 7) is 5.70. The highest BCUT2D eigenvalue weighted by Crippen LogP contribution is 2.17. The Morgan fingerprint density at radius 3 is 2.70 bits per heavy atom. The minimum atomic E-state index is -0.145. The molecule has 20 heavy (non-hydrogen) atoms. The molecule has 106 valence electrons. The van der Waals surface area contributed by atoms with Gasteiger partial charge in [0.1, 0.15) is 0 Å². The number of hydrogen-bond acceptors (Lipinski definition) is 3. The van der Waals surface area contributed by atoms with E-state index in [2.05, 4.69) is 10.4 Å². The predicted octanol–water partition coefficient (Wildman–Crippen LogP) is 2.08. The van der Waals surface area contributed by atoms with E-state index in [9.17, 15) is 4.79 Å². The lowest BCUT2D eigenvalue weighted by Crippen LogP contribution is -2.34. The largest absolute Gasteiger partial charge is 0.466 e. The molecule has 1 N–H and O–H groups in total. The van der Waals surface area contributed by atoms with Crippen LogP contribution >= 0.6 is 0 Å². The topological polar surface area (TPSA) is 56.2 Å². The molecule has 0 aliphatic rings. The van der Waals surface area contributed by atoms with Gasteiger partial charge in [-0.25, -0.2) is 4.68 Å². The maximum atomic E-state index is 11.5. The van der Waals surface area contributed by atoms with Gasteiger partial charge in [-0.1, -0.05) is 18.2 Å². The molecule has 0 aliphatic heterocycles. The van der Waals surface area contributed by atoms with Crippen molar-refractivity contribution >= 4 is 5.91 Å². The molecule has 1 aromatic heterocycles. The van der Waals surface area contributed by atoms with Crippen molar-refractivity contribution in [3.05, 3.63) is 42.1 Å². The van der Waals surface area contributed by atoms with Gasteiger partial charge < -0.3 is 10.1 Å². The summed E-state index contributed by atoms with van der Waals surface area (Å²) < 4.78 is 7.20. The first kappa shape index (κ1) is 14.1. The quantitative estimate of drug-likeness (QED) is 0.907. The number of amides is 1. The smallest absolute Gasteiger partial charge is 0.258 e. The Labute approximate surface area is 118 Å². The van der Waals surface area contributed by atoms with Crippen LogP contribution in [0.2, 0.25) is 0 Å². The second-order valence-electron chi connectivity index (χ2n) is 4.91. The number of para-hydroxylation sites is 1. The Hall–Kier alpha value is -2.30. The maximum Gasteiger partial charge on any atom is 0.258 e. The van der Waals surface area contributed by atoms with E-state index in [0.717, 1.165) is 11.3 Å². The summed E-state index contributed by atoms with van der Waals surface area (Å²) in [6.07, 6.45) is 1.88. The minimum absolute atomic E-state index is 0.0230. The van der Waals surface area contributed by atoms with Crippen molar-refractivity contribution in [2.24, 2.45) is 0 Å². The zero-order valence-electron chi connectivity index (χ0n) is 12.0. The van der Waals surface area contributed by atoms with Crippen molar-refractivity contribution in [2.75, 3.05) is 6.61 Å². The molecule has 2 rings (SSSR count). The molecule has 0 atom stereocenters. The second kappa shape index (κ2) is 6.23. The van der Waals surface area contributed by atoms with Gasteiger partial charge in [-0.15, -0.1) is 5.10 Å². The average Bonchev–Trinajstić information content (AvgIpc) is 2.78. The number of aryl methyl sites for hydroxylation is 1. The average molecular weight is 273 g/mol. The van der Waals surface area contributed by atoms with Crippen LogP contribution in [-0.2, 0) is 4.79 Å². The number of nitrogens with zero attached hydrogens (tertiary/aromatic N) is 2. The highest BCUT2D eigenvalue weighted by molar-refractivity contribution is 5.77. The fraction of sp³-hybridized carbons (Fsp3) is 0.333. The van der Waals surface area contributed by atoms with Gasteiger partial charge in [-0.3, -0.25) is 4.79 Å². The van der Waals surface area contributed by atoms with Crippen LogP contribution in [0.15, 0.2) is 36.5 Å². The van der Waals surface area contributed by atoms with Gasteiger partial charge in [0.25, 0.3) is 5.91 Å². The number of rotatable bonds is 5. The Balaban J connectivity index is 2.03. The van der Waals surface area contributed by atoms with Gasteiger partial charge in [-0.2, -0.15) is 0 Å². The molecule has 5 heteroatoms. The summed E-state index contributed by atoms with van der Waals surface area (Å²) >= 11 is 0. The lowest BCUT2D eigenvalue weighted by molar-refractivity contribution is -0.123. The molecule has 0 radical (unpaired) electrons. The number of carbonyl (C=O) groups is 1. The monoisotopic (exact) mass is 273 g/mol. The van der Waals surface area contributed by atoms with Gasteiger partial charge in [0.2, 0.25) is 5.88 Å². The molecular formula is C15H19N3O2. The normalized spacial score (nSPS) is 10.6. The lowest BCUT2D eigenvalue weighted by Gasteiger charge is -2.08. The van der Waals surface area contributed by atoms with Crippen LogP contribution in [0.1, 0.15) is 19.4 Å². The Kier molecular flexibility index (Phi) is 4.40. The van der Waals surface area contributed by atoms with Crippen LogP contribution in [0.25, 0.3) is 5.69 Å². The Morgan fingerprint density at radius 1 is 1.35 bits per heavy atom. The van der Waals surface area contributed by atoms with Gasteiger partial charge in [0.15, 0.2) is 6.61 Å². The van der Waals surface area contributed by atoms with Crippen molar-refractivity contribution < 1.29 is 9.53 Å². The van der Waals surface area contributed by atoms with Crippen molar-refractivity contribution in [3.63, 3.8) is 0 Å². The van der Waals surface area contributed by atoms with E-state index in [1.165, 1.54) is 0 Å². The summed E-state index contributed by atoms with van der Waals surface area (Å²) in [4.78, 5) is 11.5. The number of carbonyl (C=O) groups excluding carboxylic acids is 1. The first-order valence-corrected chi connectivity index (χ1v) is 6.60. The Bertz CT molecular complexity index is 576. The van der Waals surface area contributed by atoms with E-state index in [4.69, 9.17) is 4.74 Å². The van der Waals surface area contributed by atoms with Crippen LogP contribution in [0.4, 0.5) is 0 Å². The number of benzene rings is 1. The van der Waals surface area contributed by atoms with Gasteiger partial charge >= 0.3 is 0 Å². The molecular weight excluding hydrogens is 254 g/mol. The zero-order valence-corrected chi connectivity index (χ0v) is 12.0. The van der Waals surface area contributed by atoms with E-state index in [-0.39, 0.29) is 18.6 Å². The van der Waals surface area contributed by atoms with E-state index < -0.39 is 0 Å². The van der Waals surface area contributed by atoms with Crippen molar-refractivity contribution in [1.82, 2.24) is 15.1 Å². The maximum absolute atomic E-state index is 11.5. The van der Waals surface area contributed by atoms with Crippen LogP contribution in [-0.4, -0.2) is 28.3 Å². The highest BCUT2D eigenvalue weighted by Gasteiger charge is 2.10. The van der Waals surface area contributed by atoms with E-state index >= 15 is 0 Å². The van der Waals surface area contributed by atoms with Crippen LogP contribution < -0.4 is 10.1 Å². The summed E-state index contributed by atoms with van der Waals surface area (Å²) in [5.74, 6) is 0.335. The summed E-state index contributed by atoms with van der Waals surface area (Å²) in [5.41, 5.74) is 1.85. The minimum Gasteiger partial charge on any atom is -0.466 e. The van der Waals surface area contributed by atoms with Crippen molar-refractivity contribution in [2.45, 2.75) is 26.8 Å².